The number of rotatable bonds is 0. The van der Waals surface area contributed by atoms with Crippen LogP contribution in [0.1, 0.15) is 0 Å². The van der Waals surface area contributed by atoms with E-state index in [1.165, 1.54) is 0 Å². The van der Waals surface area contributed by atoms with Gasteiger partial charge in [-0.15, -0.1) is 0 Å². The van der Waals surface area contributed by atoms with E-state index in [9.17, 15) is 0 Å². The Labute approximate surface area is 46.6 Å². The van der Waals surface area contributed by atoms with Crippen molar-refractivity contribution < 1.29 is 29.8 Å². The van der Waals surface area contributed by atoms with E-state index in [4.69, 9.17) is 8.76 Å². The number of hydrogen-bond donors (Lipinski definition) is 1. The zero-order chi connectivity index (χ0) is 3.58. The van der Waals surface area contributed by atoms with E-state index < -0.39 is 11.3 Å². The first-order chi connectivity index (χ1) is 1.73. The van der Waals surface area contributed by atoms with E-state index in [0.717, 1.165) is 0 Å². The SMILES string of the molecule is NS(=O)[O-].[W]. The summed E-state index contributed by atoms with van der Waals surface area (Å²) in [6.45, 7) is 0. The summed E-state index contributed by atoms with van der Waals surface area (Å²) >= 11 is -2.36. The summed E-state index contributed by atoms with van der Waals surface area (Å²) in [4.78, 5) is 0. The van der Waals surface area contributed by atoms with Crippen LogP contribution in [-0.4, -0.2) is 8.76 Å². The quantitative estimate of drug-likeness (QED) is 0.555. The molecule has 2 N–H and O–H groups in total. The van der Waals surface area contributed by atoms with Gasteiger partial charge in [-0.1, -0.05) is 0 Å². The molecule has 5 heavy (non-hydrogen) atoms. The number of nitrogens with two attached hydrogens (primary N) is 1. The van der Waals surface area contributed by atoms with Crippen molar-refractivity contribution in [2.75, 3.05) is 0 Å². The molecular formula is H2NO2SW-. The average molecular weight is 264 g/mol. The van der Waals surface area contributed by atoms with Crippen molar-refractivity contribution in [2.45, 2.75) is 0 Å². The topological polar surface area (TPSA) is 66.2 Å². The van der Waals surface area contributed by atoms with Crippen LogP contribution in [0.5, 0.6) is 0 Å². The van der Waals surface area contributed by atoms with Crippen LogP contribution in [0.4, 0.5) is 0 Å². The van der Waals surface area contributed by atoms with Gasteiger partial charge in [0.2, 0.25) is 0 Å². The van der Waals surface area contributed by atoms with Crippen LogP contribution < -0.4 is 5.14 Å². The predicted molar refractivity (Wildman–Crippen MR) is 13.1 cm³/mol. The van der Waals surface area contributed by atoms with Crippen molar-refractivity contribution in [1.82, 2.24) is 0 Å². The second-order valence-electron chi connectivity index (χ2n) is 0.260. The first-order valence-corrected chi connectivity index (χ1v) is 1.71. The maximum atomic E-state index is 8.78. The van der Waals surface area contributed by atoms with E-state index in [2.05, 4.69) is 5.14 Å². The Balaban J connectivity index is 0. The molecule has 0 heterocycles. The van der Waals surface area contributed by atoms with Crippen molar-refractivity contribution in [3.8, 4) is 0 Å². The first-order valence-electron chi connectivity index (χ1n) is 0.569. The molecule has 0 fully saturated rings. The Hall–Kier alpha value is 0.758. The van der Waals surface area contributed by atoms with Crippen molar-refractivity contribution in [2.24, 2.45) is 5.14 Å². The second-order valence-corrected chi connectivity index (χ2v) is 0.781. The van der Waals surface area contributed by atoms with Crippen LogP contribution in [0.3, 0.4) is 0 Å². The Morgan fingerprint density at radius 2 is 1.80 bits per heavy atom. The minimum absolute atomic E-state index is 0. The molecule has 5 heteroatoms. The van der Waals surface area contributed by atoms with E-state index >= 15 is 0 Å². The molecule has 0 aromatic carbocycles. The summed E-state index contributed by atoms with van der Waals surface area (Å²) < 4.78 is 17.6. The third kappa shape index (κ3) is 63.0. The molecule has 0 aliphatic rings. The molecule has 1 atom stereocenters. The van der Waals surface area contributed by atoms with Gasteiger partial charge in [-0.05, 0) is 0 Å². The van der Waals surface area contributed by atoms with E-state index in [0.29, 0.717) is 0 Å². The zero-order valence-corrected chi connectivity index (χ0v) is 5.96. The zero-order valence-electron chi connectivity index (χ0n) is 2.21. The Kier molecular flexibility index (Phi) is 8.78. The smallest absolute Gasteiger partial charge is 0.0152 e. The second kappa shape index (κ2) is 4.76. The molecule has 0 spiro atoms. The average Bonchev–Trinajstić information content (AvgIpc) is 0.811. The van der Waals surface area contributed by atoms with Crippen LogP contribution in [-0.2, 0) is 32.3 Å². The van der Waals surface area contributed by atoms with Gasteiger partial charge in [0.15, 0.2) is 0 Å². The summed E-state index contributed by atoms with van der Waals surface area (Å²) in [6.07, 6.45) is 0. The molecule has 1 unspecified atom stereocenters. The molecule has 3 nitrogen and oxygen atoms in total. The van der Waals surface area contributed by atoms with Crippen molar-refractivity contribution >= 4 is 11.3 Å². The summed E-state index contributed by atoms with van der Waals surface area (Å²) in [7, 11) is 0. The number of hydrogen-bond acceptors (Lipinski definition) is 2. The van der Waals surface area contributed by atoms with E-state index in [-0.39, 0.29) is 21.1 Å². The molecule has 0 rings (SSSR count). The third-order valence-electron chi connectivity index (χ3n) is 0. The van der Waals surface area contributed by atoms with Crippen LogP contribution >= 0.6 is 0 Å². The molecule has 0 aliphatic carbocycles. The van der Waals surface area contributed by atoms with Gasteiger partial charge in [0.25, 0.3) is 0 Å². The van der Waals surface area contributed by atoms with Crippen LogP contribution in [0.25, 0.3) is 0 Å². The fourth-order valence-electron chi connectivity index (χ4n) is 0. The molecule has 0 radical (unpaired) electrons. The van der Waals surface area contributed by atoms with Crippen molar-refractivity contribution in [1.29, 1.82) is 0 Å². The fraction of sp³-hybridized carbons (Fsp3) is 0. The molecule has 0 saturated carbocycles. The summed E-state index contributed by atoms with van der Waals surface area (Å²) in [6, 6.07) is 0. The van der Waals surface area contributed by atoms with Crippen LogP contribution in [0.2, 0.25) is 0 Å². The standard InChI is InChI=1S/H3NO2S.W/c1-4(2)3;/h1H2,(H,2,3);/p-1. The monoisotopic (exact) mass is 264 g/mol. The molecule has 0 bridgehead atoms. The Bertz CT molecular complexity index is 32.6. The minimum atomic E-state index is -2.36. The van der Waals surface area contributed by atoms with Gasteiger partial charge in [0, 0.05) is 32.3 Å². The fourth-order valence-corrected chi connectivity index (χ4v) is 0. The maximum absolute atomic E-state index is 8.78. The Morgan fingerprint density at radius 3 is 1.80 bits per heavy atom. The van der Waals surface area contributed by atoms with Crippen LogP contribution in [0, 0.1) is 0 Å². The van der Waals surface area contributed by atoms with Gasteiger partial charge in [-0.3, -0.25) is 9.35 Å². The molecule has 0 saturated heterocycles. The van der Waals surface area contributed by atoms with Crippen molar-refractivity contribution in [3.05, 3.63) is 0 Å². The molecular weight excluding hydrogens is 262 g/mol. The van der Waals surface area contributed by atoms with Gasteiger partial charge in [0.05, 0.1) is 0 Å². The van der Waals surface area contributed by atoms with Gasteiger partial charge < -0.3 is 4.55 Å². The molecule has 0 aliphatic heterocycles. The van der Waals surface area contributed by atoms with E-state index in [1.54, 1.807) is 0 Å². The van der Waals surface area contributed by atoms with Crippen molar-refractivity contribution in [3.63, 3.8) is 0 Å². The minimum Gasteiger partial charge on any atom is -0.760 e. The molecule has 32 valence electrons. The Morgan fingerprint density at radius 1 is 1.80 bits per heavy atom. The summed E-state index contributed by atoms with van der Waals surface area (Å²) in [5.41, 5.74) is 0. The first kappa shape index (κ1) is 9.23. The van der Waals surface area contributed by atoms with Gasteiger partial charge >= 0.3 is 0 Å². The predicted octanol–water partition coefficient (Wildman–Crippen LogP) is -1.26. The maximum Gasteiger partial charge on any atom is 0.0152 e. The summed E-state index contributed by atoms with van der Waals surface area (Å²) in [5, 5.41) is 4.03. The molecule has 0 amide bonds. The molecule has 0 aromatic heterocycles. The van der Waals surface area contributed by atoms with Gasteiger partial charge in [0.1, 0.15) is 0 Å². The van der Waals surface area contributed by atoms with Crippen LogP contribution in [0.15, 0.2) is 0 Å². The third-order valence-corrected chi connectivity index (χ3v) is 0. The molecule has 0 aromatic rings. The largest absolute Gasteiger partial charge is 0.760 e. The normalized spacial score (nSPS) is 12.4. The van der Waals surface area contributed by atoms with Gasteiger partial charge in [-0.25, -0.2) is 0 Å². The van der Waals surface area contributed by atoms with E-state index in [1.807, 2.05) is 0 Å². The summed E-state index contributed by atoms with van der Waals surface area (Å²) in [5.74, 6) is 0. The van der Waals surface area contributed by atoms with Gasteiger partial charge in [-0.2, -0.15) is 0 Å².